The minimum absolute atomic E-state index is 0.0973. The van der Waals surface area contributed by atoms with E-state index >= 15 is 8.78 Å². The van der Waals surface area contributed by atoms with E-state index in [1.54, 1.807) is 30.3 Å². The Labute approximate surface area is 245 Å². The van der Waals surface area contributed by atoms with Crippen molar-refractivity contribution in [2.45, 2.75) is 24.4 Å². The molecule has 9 nitrogen and oxygen atoms in total. The molecule has 1 aliphatic heterocycles. The average Bonchev–Trinajstić information content (AvgIpc) is 3.47. The van der Waals surface area contributed by atoms with Gasteiger partial charge in [0.15, 0.2) is 10.7 Å². The van der Waals surface area contributed by atoms with Crippen molar-refractivity contribution in [3.63, 3.8) is 0 Å². The lowest BCUT2D eigenvalue weighted by molar-refractivity contribution is 0.173. The maximum absolute atomic E-state index is 15.8. The van der Waals surface area contributed by atoms with Crippen LogP contribution in [0.5, 0.6) is 11.5 Å². The summed E-state index contributed by atoms with van der Waals surface area (Å²) in [7, 11) is -1.98. The van der Waals surface area contributed by atoms with Crippen LogP contribution in [0.4, 0.5) is 25.3 Å². The molecule has 1 aliphatic rings. The molecule has 0 saturated carbocycles. The second kappa shape index (κ2) is 12.1. The summed E-state index contributed by atoms with van der Waals surface area (Å²) in [6.45, 7) is 2.24. The molecule has 0 amide bonds. The van der Waals surface area contributed by atoms with Crippen molar-refractivity contribution < 1.29 is 26.7 Å². The summed E-state index contributed by atoms with van der Waals surface area (Å²) in [5, 5.41) is 2.32. The number of nitrogens with one attached hydrogen (secondary N) is 1. The first-order valence-electron chi connectivity index (χ1n) is 12.5. The highest BCUT2D eigenvalue weighted by Gasteiger charge is 2.36. The van der Waals surface area contributed by atoms with Gasteiger partial charge >= 0.3 is 0 Å². The molecule has 216 valence electrons. The van der Waals surface area contributed by atoms with Crippen LogP contribution in [0.25, 0.3) is 0 Å². The fraction of sp³-hybridized carbons (Fsp3) is 0.259. The van der Waals surface area contributed by atoms with Gasteiger partial charge in [-0.2, -0.15) is 4.37 Å². The summed E-state index contributed by atoms with van der Waals surface area (Å²) >= 11 is 7.09. The SMILES string of the molecule is COc1ccc(CN(c2ncns2)S(=O)(=O)c2c(F)cc(Nc3ccccc3CN3CCC3)c(Cl)c2F)c(OC)c1. The number of halogens is 3. The van der Waals surface area contributed by atoms with Crippen molar-refractivity contribution in [2.24, 2.45) is 0 Å². The van der Waals surface area contributed by atoms with Crippen LogP contribution in [0.2, 0.25) is 5.02 Å². The summed E-state index contributed by atoms with van der Waals surface area (Å²) in [6.07, 6.45) is 2.27. The van der Waals surface area contributed by atoms with Crippen LogP contribution in [0, 0.1) is 11.6 Å². The van der Waals surface area contributed by atoms with E-state index in [1.807, 2.05) is 12.1 Å². The molecule has 0 bridgehead atoms. The van der Waals surface area contributed by atoms with E-state index in [-0.39, 0.29) is 17.4 Å². The van der Waals surface area contributed by atoms with E-state index in [2.05, 4.69) is 19.6 Å². The summed E-state index contributed by atoms with van der Waals surface area (Å²) in [5.41, 5.74) is 1.82. The van der Waals surface area contributed by atoms with E-state index in [0.29, 0.717) is 29.3 Å². The van der Waals surface area contributed by atoms with Gasteiger partial charge in [-0.3, -0.25) is 4.90 Å². The van der Waals surface area contributed by atoms with Gasteiger partial charge in [0.05, 0.1) is 26.5 Å². The van der Waals surface area contributed by atoms with Crippen LogP contribution in [-0.2, 0) is 23.1 Å². The molecular formula is C27H26ClF2N5O4S2. The maximum Gasteiger partial charge on any atom is 0.272 e. The molecular weight excluding hydrogens is 596 g/mol. The highest BCUT2D eigenvalue weighted by molar-refractivity contribution is 7.93. The Kier molecular flexibility index (Phi) is 8.59. The molecule has 1 fully saturated rings. The van der Waals surface area contributed by atoms with Gasteiger partial charge in [-0.25, -0.2) is 26.5 Å². The molecule has 5 rings (SSSR count). The Hall–Kier alpha value is -3.52. The van der Waals surface area contributed by atoms with Crippen molar-refractivity contribution in [3.8, 4) is 11.5 Å². The molecule has 0 aliphatic carbocycles. The lowest BCUT2D eigenvalue weighted by Crippen LogP contribution is -2.36. The van der Waals surface area contributed by atoms with Crippen LogP contribution >= 0.6 is 23.1 Å². The zero-order chi connectivity index (χ0) is 29.1. The normalized spacial score (nSPS) is 13.5. The zero-order valence-corrected chi connectivity index (χ0v) is 24.5. The monoisotopic (exact) mass is 621 g/mol. The van der Waals surface area contributed by atoms with Gasteiger partial charge in [0.2, 0.25) is 5.13 Å². The number of aromatic nitrogens is 2. The number of likely N-dealkylation sites (tertiary alicyclic amines) is 1. The predicted octanol–water partition coefficient (Wildman–Crippen LogP) is 5.83. The molecule has 1 saturated heterocycles. The minimum atomic E-state index is -4.87. The molecule has 1 aromatic heterocycles. The van der Waals surface area contributed by atoms with Gasteiger partial charge in [0.25, 0.3) is 10.0 Å². The lowest BCUT2D eigenvalue weighted by atomic mass is 10.1. The minimum Gasteiger partial charge on any atom is -0.497 e. The van der Waals surface area contributed by atoms with Crippen molar-refractivity contribution in [1.82, 2.24) is 14.3 Å². The molecule has 14 heteroatoms. The molecule has 0 radical (unpaired) electrons. The standard InChI is InChI=1S/C27H26ClF2N5O4S2/c1-38-19-9-8-18(23(12-19)39-2)15-35(27-31-16-32-40-27)41(36,37)26-20(29)13-22(24(28)25(26)30)33-21-7-4-3-6-17(21)14-34-10-5-11-34/h3-4,6-9,12-13,16,33H,5,10-11,14-15H2,1-2H3. The van der Waals surface area contributed by atoms with Gasteiger partial charge in [0.1, 0.15) is 28.7 Å². The van der Waals surface area contributed by atoms with Gasteiger partial charge in [-0.15, -0.1) is 0 Å². The van der Waals surface area contributed by atoms with Crippen LogP contribution < -0.4 is 19.1 Å². The number of hydrogen-bond acceptors (Lipinski definition) is 9. The zero-order valence-electron chi connectivity index (χ0n) is 22.1. The number of methoxy groups -OCH3 is 2. The number of rotatable bonds is 11. The number of para-hydroxylation sites is 1. The molecule has 4 aromatic rings. The number of hydrogen-bond donors (Lipinski definition) is 1. The highest BCUT2D eigenvalue weighted by Crippen LogP contribution is 2.38. The third kappa shape index (κ3) is 5.94. The van der Waals surface area contributed by atoms with Gasteiger partial charge in [-0.05, 0) is 43.3 Å². The van der Waals surface area contributed by atoms with Crippen molar-refractivity contribution >= 4 is 49.7 Å². The Morgan fingerprint density at radius 2 is 1.85 bits per heavy atom. The quantitative estimate of drug-likeness (QED) is 0.209. The number of ether oxygens (including phenoxy) is 2. The smallest absolute Gasteiger partial charge is 0.272 e. The second-order valence-corrected chi connectivity index (χ2v) is 12.1. The molecule has 2 heterocycles. The van der Waals surface area contributed by atoms with Crippen molar-refractivity contribution in [2.75, 3.05) is 36.9 Å². The van der Waals surface area contributed by atoms with E-state index in [1.165, 1.54) is 14.2 Å². The number of sulfonamides is 1. The van der Waals surface area contributed by atoms with Crippen LogP contribution in [-0.4, -0.2) is 50.0 Å². The summed E-state index contributed by atoms with van der Waals surface area (Å²) in [5.74, 6) is -1.95. The van der Waals surface area contributed by atoms with Crippen LogP contribution in [0.15, 0.2) is 59.8 Å². The fourth-order valence-corrected chi connectivity index (χ4v) is 6.89. The first-order valence-corrected chi connectivity index (χ1v) is 15.1. The molecule has 0 spiro atoms. The van der Waals surface area contributed by atoms with E-state index in [4.69, 9.17) is 21.1 Å². The van der Waals surface area contributed by atoms with Crippen molar-refractivity contribution in [1.29, 1.82) is 0 Å². The Bertz CT molecular complexity index is 1650. The number of nitrogens with zero attached hydrogens (tertiary/aromatic N) is 4. The summed E-state index contributed by atoms with van der Waals surface area (Å²) in [4.78, 5) is 5.02. The molecule has 3 aromatic carbocycles. The van der Waals surface area contributed by atoms with Gasteiger partial charge < -0.3 is 14.8 Å². The maximum atomic E-state index is 15.8. The molecule has 1 N–H and O–H groups in total. The van der Waals surface area contributed by atoms with Crippen LogP contribution in [0.3, 0.4) is 0 Å². The molecule has 41 heavy (non-hydrogen) atoms. The van der Waals surface area contributed by atoms with Crippen molar-refractivity contribution in [3.05, 3.63) is 82.6 Å². The number of benzene rings is 3. The third-order valence-corrected chi connectivity index (χ3v) is 9.61. The Balaban J connectivity index is 1.52. The van der Waals surface area contributed by atoms with Gasteiger partial charge in [-0.1, -0.05) is 29.8 Å². The molecule has 0 atom stereocenters. The Morgan fingerprint density at radius 3 is 2.51 bits per heavy atom. The fourth-order valence-electron chi connectivity index (χ4n) is 4.39. The first kappa shape index (κ1) is 29.0. The highest BCUT2D eigenvalue weighted by atomic mass is 35.5. The Morgan fingerprint density at radius 1 is 1.07 bits per heavy atom. The average molecular weight is 622 g/mol. The molecule has 0 unspecified atom stereocenters. The predicted molar refractivity (Wildman–Crippen MR) is 154 cm³/mol. The summed E-state index contributed by atoms with van der Waals surface area (Å²) < 4.78 is 74.4. The summed E-state index contributed by atoms with van der Waals surface area (Å²) in [6, 6.07) is 13.0. The topological polar surface area (TPSA) is 96.9 Å². The van der Waals surface area contributed by atoms with Gasteiger partial charge in [0, 0.05) is 41.5 Å². The first-order chi connectivity index (χ1) is 19.7. The lowest BCUT2D eigenvalue weighted by Gasteiger charge is -2.31. The second-order valence-electron chi connectivity index (χ2n) is 9.19. The third-order valence-electron chi connectivity index (χ3n) is 6.67. The van der Waals surface area contributed by atoms with E-state index < -0.39 is 31.6 Å². The van der Waals surface area contributed by atoms with E-state index in [0.717, 1.165) is 53.3 Å². The largest absolute Gasteiger partial charge is 0.497 e. The van der Waals surface area contributed by atoms with E-state index in [9.17, 15) is 8.42 Å². The number of anilines is 3. The van der Waals surface area contributed by atoms with Crippen LogP contribution in [0.1, 0.15) is 17.5 Å².